The first-order chi connectivity index (χ1) is 18.4. The molecule has 0 unspecified atom stereocenters. The first kappa shape index (κ1) is 26.0. The van der Waals surface area contributed by atoms with Gasteiger partial charge in [0.25, 0.3) is 0 Å². The monoisotopic (exact) mass is 521 g/mol. The number of carbonyl (C=O) groups excluding carboxylic acids is 1. The number of nitrogens with one attached hydrogen (secondary N) is 2. The highest BCUT2D eigenvalue weighted by Gasteiger charge is 2.50. The minimum atomic E-state index is -0.996. The van der Waals surface area contributed by atoms with Crippen LogP contribution in [0.1, 0.15) is 36.8 Å². The number of carbonyl (C=O) groups is 1. The zero-order valence-electron chi connectivity index (χ0n) is 21.7. The fourth-order valence-electron chi connectivity index (χ4n) is 6.01. The van der Waals surface area contributed by atoms with E-state index in [2.05, 4.69) is 34.7 Å². The Labute approximate surface area is 221 Å². The molecule has 1 heterocycles. The lowest BCUT2D eigenvalue weighted by Gasteiger charge is -2.45. The van der Waals surface area contributed by atoms with Gasteiger partial charge in [-0.25, -0.2) is 13.6 Å². The molecule has 3 atom stereocenters. The predicted molar refractivity (Wildman–Crippen MR) is 143 cm³/mol. The zero-order chi connectivity index (χ0) is 26.7. The number of hydrogen-bond acceptors (Lipinski definition) is 4. The van der Waals surface area contributed by atoms with Gasteiger partial charge in [-0.3, -0.25) is 0 Å². The summed E-state index contributed by atoms with van der Waals surface area (Å²) in [5, 5.41) is 5.65. The Bertz CT molecular complexity index is 1290. The van der Waals surface area contributed by atoms with Crippen LogP contribution < -0.4 is 20.1 Å². The molecule has 5 rings (SSSR count). The number of likely N-dealkylation sites (N-methyl/N-ethyl adjacent to an activating group) is 1. The Morgan fingerprint density at radius 1 is 1.03 bits per heavy atom. The maximum atomic E-state index is 13.5. The lowest BCUT2D eigenvalue weighted by Crippen LogP contribution is -2.52. The molecule has 0 bridgehead atoms. The summed E-state index contributed by atoms with van der Waals surface area (Å²) >= 11 is 0. The van der Waals surface area contributed by atoms with Crippen LogP contribution in [0, 0.1) is 11.6 Å². The summed E-state index contributed by atoms with van der Waals surface area (Å²) in [7, 11) is 3.78. The van der Waals surface area contributed by atoms with Gasteiger partial charge in [0.05, 0.1) is 7.11 Å². The highest BCUT2D eigenvalue weighted by Crippen LogP contribution is 2.50. The van der Waals surface area contributed by atoms with Crippen LogP contribution >= 0.6 is 0 Å². The number of amides is 2. The number of fused-ring (bicyclic) bond motifs is 1. The molecule has 1 saturated heterocycles. The number of anilines is 1. The highest BCUT2D eigenvalue weighted by atomic mass is 19.2. The first-order valence-corrected chi connectivity index (χ1v) is 13.0. The van der Waals surface area contributed by atoms with Gasteiger partial charge in [-0.15, -0.1) is 0 Å². The molecule has 1 aliphatic carbocycles. The molecule has 1 aliphatic heterocycles. The van der Waals surface area contributed by atoms with E-state index in [-0.39, 0.29) is 23.2 Å². The molecule has 0 spiro atoms. The van der Waals surface area contributed by atoms with Gasteiger partial charge in [0.1, 0.15) is 6.61 Å². The molecule has 200 valence electrons. The Hall–Kier alpha value is -3.65. The van der Waals surface area contributed by atoms with Gasteiger partial charge in [0.15, 0.2) is 23.1 Å². The van der Waals surface area contributed by atoms with Crippen LogP contribution in [0.3, 0.4) is 0 Å². The molecule has 38 heavy (non-hydrogen) atoms. The molecular formula is C30H33F2N3O3. The molecule has 2 fully saturated rings. The Balaban J connectivity index is 1.30. The van der Waals surface area contributed by atoms with E-state index in [9.17, 15) is 13.6 Å². The molecule has 3 aromatic carbocycles. The van der Waals surface area contributed by atoms with Gasteiger partial charge in [0.2, 0.25) is 0 Å². The number of nitrogens with zero attached hydrogens (tertiary/aromatic N) is 1. The minimum absolute atomic E-state index is 0.0361. The van der Waals surface area contributed by atoms with Gasteiger partial charge in [-0.2, -0.15) is 0 Å². The lowest BCUT2D eigenvalue weighted by atomic mass is 9.65. The highest BCUT2D eigenvalue weighted by molar-refractivity contribution is 5.89. The van der Waals surface area contributed by atoms with Crippen molar-refractivity contribution in [2.45, 2.75) is 49.8 Å². The summed E-state index contributed by atoms with van der Waals surface area (Å²) in [6.07, 6.45) is 3.52. The fourth-order valence-corrected chi connectivity index (χ4v) is 6.01. The number of urea groups is 1. The van der Waals surface area contributed by atoms with Gasteiger partial charge < -0.3 is 25.0 Å². The van der Waals surface area contributed by atoms with Gasteiger partial charge in [-0.05, 0) is 74.7 Å². The first-order valence-electron chi connectivity index (χ1n) is 13.0. The average molecular weight is 522 g/mol. The zero-order valence-corrected chi connectivity index (χ0v) is 21.7. The number of rotatable bonds is 7. The second-order valence-corrected chi connectivity index (χ2v) is 10.2. The van der Waals surface area contributed by atoms with Crippen LogP contribution in [0.15, 0.2) is 66.7 Å². The quantitative estimate of drug-likeness (QED) is 0.408. The summed E-state index contributed by atoms with van der Waals surface area (Å²) in [6, 6.07) is 19.4. The number of hydrogen-bond donors (Lipinski definition) is 2. The summed E-state index contributed by atoms with van der Waals surface area (Å²) in [6.45, 7) is 1.42. The van der Waals surface area contributed by atoms with Crippen LogP contribution in [-0.4, -0.2) is 43.7 Å². The average Bonchev–Trinajstić information content (AvgIpc) is 3.26. The predicted octanol–water partition coefficient (Wildman–Crippen LogP) is 5.87. The Morgan fingerprint density at radius 3 is 2.61 bits per heavy atom. The molecule has 2 amide bonds. The van der Waals surface area contributed by atoms with Crippen molar-refractivity contribution in [2.75, 3.05) is 26.0 Å². The third kappa shape index (κ3) is 5.31. The van der Waals surface area contributed by atoms with Crippen molar-refractivity contribution >= 4 is 11.7 Å². The molecule has 8 heteroatoms. The maximum Gasteiger partial charge on any atom is 0.319 e. The molecule has 2 N–H and O–H groups in total. The molecule has 0 aromatic heterocycles. The van der Waals surface area contributed by atoms with Crippen LogP contribution in [-0.2, 0) is 12.0 Å². The number of halogens is 2. The number of ether oxygens (including phenoxy) is 2. The van der Waals surface area contributed by atoms with Crippen LogP contribution in [0.4, 0.5) is 19.3 Å². The second-order valence-electron chi connectivity index (χ2n) is 10.2. The van der Waals surface area contributed by atoms with E-state index in [1.54, 1.807) is 7.11 Å². The van der Waals surface area contributed by atoms with Crippen molar-refractivity contribution in [3.05, 3.63) is 89.5 Å². The third-order valence-corrected chi connectivity index (χ3v) is 8.02. The Kier molecular flexibility index (Phi) is 7.51. The molecule has 0 radical (unpaired) electrons. The van der Waals surface area contributed by atoms with Gasteiger partial charge in [0, 0.05) is 29.3 Å². The van der Waals surface area contributed by atoms with E-state index in [1.165, 1.54) is 11.6 Å². The number of methoxy groups -OCH3 is 1. The normalized spacial score (nSPS) is 22.9. The lowest BCUT2D eigenvalue weighted by molar-refractivity contribution is 0.155. The molecule has 1 saturated carbocycles. The Morgan fingerprint density at radius 2 is 1.84 bits per heavy atom. The van der Waals surface area contributed by atoms with Gasteiger partial charge >= 0.3 is 6.03 Å². The van der Waals surface area contributed by atoms with Crippen molar-refractivity contribution in [1.82, 2.24) is 10.2 Å². The summed E-state index contributed by atoms with van der Waals surface area (Å²) < 4.78 is 38.5. The van der Waals surface area contributed by atoms with E-state index in [0.29, 0.717) is 12.4 Å². The summed E-state index contributed by atoms with van der Waals surface area (Å²) in [5.41, 5.74) is 2.47. The van der Waals surface area contributed by atoms with E-state index < -0.39 is 17.7 Å². The number of likely N-dealkylation sites (tertiary alicyclic amines) is 1. The van der Waals surface area contributed by atoms with Gasteiger partial charge in [-0.1, -0.05) is 36.4 Å². The van der Waals surface area contributed by atoms with Crippen LogP contribution in [0.5, 0.6) is 11.5 Å². The van der Waals surface area contributed by atoms with Crippen molar-refractivity contribution < 1.29 is 23.0 Å². The fraction of sp³-hybridized carbons (Fsp3) is 0.367. The molecule has 2 aliphatic rings. The smallest absolute Gasteiger partial charge is 0.319 e. The van der Waals surface area contributed by atoms with E-state index in [4.69, 9.17) is 9.47 Å². The van der Waals surface area contributed by atoms with Crippen molar-refractivity contribution in [1.29, 1.82) is 0 Å². The largest absolute Gasteiger partial charge is 0.493 e. The van der Waals surface area contributed by atoms with E-state index in [1.807, 2.05) is 36.4 Å². The van der Waals surface area contributed by atoms with Crippen LogP contribution in [0.25, 0.3) is 0 Å². The molecule has 3 aromatic rings. The van der Waals surface area contributed by atoms with Crippen LogP contribution in [0.2, 0.25) is 0 Å². The maximum absolute atomic E-state index is 13.5. The number of benzene rings is 3. The summed E-state index contributed by atoms with van der Waals surface area (Å²) in [4.78, 5) is 15.0. The minimum Gasteiger partial charge on any atom is -0.493 e. The SMILES string of the molecule is COc1ccc([C@@]23CC[C@H](NC(=O)Nc4ccc(F)c(F)c4)C[C@H]2N(C)CC3)cc1OCc1ccccc1. The topological polar surface area (TPSA) is 62.8 Å². The summed E-state index contributed by atoms with van der Waals surface area (Å²) in [5.74, 6) is -0.517. The second kappa shape index (κ2) is 11.0. The standard InChI is InChI=1S/C30H33F2N3O3/c1-35-15-14-30(21-8-11-26(37-2)27(16-21)38-19-20-6-4-3-5-7-20)13-12-23(18-28(30)35)34-29(36)33-22-9-10-24(31)25(32)17-22/h3-11,16-17,23,28H,12-15,18-19H2,1-2H3,(H2,33,34,36)/t23-,28+,30-/m0/s1. The van der Waals surface area contributed by atoms with Crippen molar-refractivity contribution in [3.63, 3.8) is 0 Å². The van der Waals surface area contributed by atoms with Crippen molar-refractivity contribution in [2.24, 2.45) is 0 Å². The van der Waals surface area contributed by atoms with Crippen molar-refractivity contribution in [3.8, 4) is 11.5 Å². The molecular weight excluding hydrogens is 488 g/mol. The van der Waals surface area contributed by atoms with E-state index in [0.717, 1.165) is 55.7 Å². The molecule has 6 nitrogen and oxygen atoms in total. The third-order valence-electron chi connectivity index (χ3n) is 8.02. The van der Waals surface area contributed by atoms with E-state index >= 15 is 0 Å².